The summed E-state index contributed by atoms with van der Waals surface area (Å²) in [5, 5.41) is 6.44. The van der Waals surface area contributed by atoms with Crippen LogP contribution < -0.4 is 11.1 Å². The van der Waals surface area contributed by atoms with Crippen molar-refractivity contribution in [2.45, 2.75) is 71.0 Å². The van der Waals surface area contributed by atoms with Crippen LogP contribution in [0.5, 0.6) is 0 Å². The first-order valence-electron chi connectivity index (χ1n) is 21.0. The third-order valence-corrected chi connectivity index (χ3v) is 19.2. The highest BCUT2D eigenvalue weighted by molar-refractivity contribution is 9.10. The number of aromatic nitrogens is 4. The van der Waals surface area contributed by atoms with Gasteiger partial charge < -0.3 is 20.3 Å². The van der Waals surface area contributed by atoms with E-state index in [0.717, 1.165) is 28.5 Å². The Balaban J connectivity index is 0.000000173. The highest BCUT2D eigenvalue weighted by Gasteiger charge is 2.46. The molecule has 0 aliphatic heterocycles. The van der Waals surface area contributed by atoms with Gasteiger partial charge in [0.15, 0.2) is 8.24 Å². The van der Waals surface area contributed by atoms with Gasteiger partial charge in [-0.3, -0.25) is 9.59 Å². The predicted octanol–water partition coefficient (Wildman–Crippen LogP) is 13.9. The third-order valence-electron chi connectivity index (χ3n) is 11.5. The molecule has 0 saturated carbocycles. The van der Waals surface area contributed by atoms with Gasteiger partial charge in [-0.2, -0.15) is 0 Å². The first-order chi connectivity index (χ1) is 30.2. The second-order valence-electron chi connectivity index (χ2n) is 16.5. The molecule has 0 atom stereocenters. The van der Waals surface area contributed by atoms with E-state index in [2.05, 4.69) is 131 Å². The van der Waals surface area contributed by atoms with Crippen molar-refractivity contribution < 1.29 is 9.59 Å². The molecule has 2 amide bonds. The Hall–Kier alpha value is -5.52. The molecule has 63 heavy (non-hydrogen) atoms. The lowest BCUT2D eigenvalue weighted by Gasteiger charge is -2.44. The number of primary amides is 1. The number of H-pyrrole nitrogens is 1. The van der Waals surface area contributed by atoms with Crippen molar-refractivity contribution in [1.29, 1.82) is 0 Å². The van der Waals surface area contributed by atoms with Crippen molar-refractivity contribution in [3.05, 3.63) is 194 Å². The predicted molar refractivity (Wildman–Crippen MR) is 268 cm³/mol. The maximum absolute atomic E-state index is 12.2. The molecule has 0 fully saturated rings. The number of para-hydroxylation sites is 2. The molecule has 4 N–H and O–H groups in total. The van der Waals surface area contributed by atoms with Crippen LogP contribution in [-0.4, -0.2) is 39.2 Å². The molecule has 4 aromatic heterocycles. The lowest BCUT2D eigenvalue weighted by molar-refractivity contribution is 0.0997. The summed E-state index contributed by atoms with van der Waals surface area (Å²) in [5.41, 5.74) is 15.4. The number of aromatic amines is 1. The minimum atomic E-state index is -1.78. The van der Waals surface area contributed by atoms with Gasteiger partial charge in [-0.05, 0) is 122 Å². The van der Waals surface area contributed by atoms with Gasteiger partial charge in [-0.1, -0.05) is 125 Å². The Morgan fingerprint density at radius 2 is 1.27 bits per heavy atom. The number of anilines is 1. The average Bonchev–Trinajstić information content (AvgIpc) is 3.84. The van der Waals surface area contributed by atoms with Crippen LogP contribution in [0.1, 0.15) is 84.5 Å². The molecule has 8 rings (SSSR count). The zero-order chi connectivity index (χ0) is 45.3. The van der Waals surface area contributed by atoms with E-state index in [-0.39, 0.29) is 5.91 Å². The quantitative estimate of drug-likeness (QED) is 0.0883. The molecular weight excluding hydrogens is 907 g/mol. The number of carbonyl (C=O) groups excluding carboxylic acids is 2. The summed E-state index contributed by atoms with van der Waals surface area (Å²) in [6, 6.07) is 38.5. The van der Waals surface area contributed by atoms with Crippen LogP contribution in [0.4, 0.5) is 5.82 Å². The van der Waals surface area contributed by atoms with E-state index in [4.69, 9.17) is 28.9 Å². The van der Waals surface area contributed by atoms with E-state index in [1.807, 2.05) is 42.7 Å². The summed E-state index contributed by atoms with van der Waals surface area (Å²) in [6.45, 7) is 14.6. The Bertz CT molecular complexity index is 2780. The van der Waals surface area contributed by atoms with E-state index in [9.17, 15) is 9.59 Å². The summed E-state index contributed by atoms with van der Waals surface area (Å²) >= 11 is 14.9. The second-order valence-corrected chi connectivity index (χ2v) is 23.9. The normalized spacial score (nSPS) is 11.4. The van der Waals surface area contributed by atoms with Crippen LogP contribution in [0.3, 0.4) is 0 Å². The number of nitrogens with zero attached hydrogens (tertiary/aromatic N) is 3. The Labute approximate surface area is 389 Å². The maximum Gasteiger partial charge on any atom is 0.256 e. The lowest BCUT2D eigenvalue weighted by Crippen LogP contribution is -2.51. The van der Waals surface area contributed by atoms with Gasteiger partial charge in [0.05, 0.1) is 0 Å². The fourth-order valence-electron chi connectivity index (χ4n) is 8.84. The molecular formula is C51H53BrCl2N6O2Si. The summed E-state index contributed by atoms with van der Waals surface area (Å²) in [4.78, 5) is 34.8. The number of rotatable bonds is 11. The zero-order valence-electron chi connectivity index (χ0n) is 36.4. The minimum Gasteiger partial charge on any atom is -0.373 e. The number of carbonyl (C=O) groups is 2. The standard InChI is InChI=1S/C23H31BrN2Si.C21H16ClN3O.C7H6ClNO/c1-16(2)27(17(3)4,18(5)6)26-15-20(21-9-7-8-10-22(21)26)13-19-11-12-23(24)25-14-19;22-17-5-3-4-15(11-17)21(26)25-20-9-8-14(12-24-20)10-16-13-23-19-7-2-1-6-18(16)19;8-6-3-1-2-5(4-6)7(9)10/h7-12,14-18H,13H2,1-6H3;1-9,11-13,23H,10H2,(H,24,25,26);1-4H,(H2,9,10). The number of hydrogen-bond donors (Lipinski definition) is 3. The van der Waals surface area contributed by atoms with Gasteiger partial charge in [0.25, 0.3) is 5.91 Å². The number of halogens is 3. The SMILES string of the molecule is CC(C)[Si](C(C)C)(C(C)C)n1cc(Cc2ccc(Br)nc2)c2ccccc21.NC(=O)c1cccc(Cl)c1.O=C(Nc1ccc(Cc2c[nH]c3ccccc23)cn1)c1cccc(Cl)c1. The number of benzene rings is 4. The largest absolute Gasteiger partial charge is 0.373 e. The molecule has 8 nitrogen and oxygen atoms in total. The third kappa shape index (κ3) is 11.4. The molecule has 0 bridgehead atoms. The van der Waals surface area contributed by atoms with Crippen LogP contribution in [-0.2, 0) is 12.8 Å². The molecule has 0 unspecified atom stereocenters. The highest BCUT2D eigenvalue weighted by atomic mass is 79.9. The molecule has 0 aliphatic rings. The van der Waals surface area contributed by atoms with Crippen molar-refractivity contribution >= 4 is 86.8 Å². The summed E-state index contributed by atoms with van der Waals surface area (Å²) < 4.78 is 3.61. The van der Waals surface area contributed by atoms with Gasteiger partial charge in [-0.15, -0.1) is 0 Å². The second kappa shape index (κ2) is 21.2. The van der Waals surface area contributed by atoms with Gasteiger partial charge in [0.2, 0.25) is 5.91 Å². The highest BCUT2D eigenvalue weighted by Crippen LogP contribution is 2.45. The fourth-order valence-corrected chi connectivity index (χ4v) is 16.1. The summed E-state index contributed by atoms with van der Waals surface area (Å²) in [5.74, 6) is -0.176. The maximum atomic E-state index is 12.2. The summed E-state index contributed by atoms with van der Waals surface area (Å²) in [7, 11) is -1.78. The van der Waals surface area contributed by atoms with E-state index in [0.29, 0.717) is 43.6 Å². The molecule has 0 radical (unpaired) electrons. The lowest BCUT2D eigenvalue weighted by atomic mass is 10.1. The van der Waals surface area contributed by atoms with Crippen molar-refractivity contribution in [1.82, 2.24) is 19.2 Å². The van der Waals surface area contributed by atoms with E-state index >= 15 is 0 Å². The molecule has 324 valence electrons. The van der Waals surface area contributed by atoms with Crippen molar-refractivity contribution in [3.63, 3.8) is 0 Å². The monoisotopic (exact) mass is 958 g/mol. The van der Waals surface area contributed by atoms with Crippen molar-refractivity contribution in [2.75, 3.05) is 5.32 Å². The topological polar surface area (TPSA) is 119 Å². The molecule has 4 aromatic carbocycles. The smallest absolute Gasteiger partial charge is 0.256 e. The number of pyridine rings is 2. The Kier molecular flexibility index (Phi) is 15.8. The number of amides is 2. The van der Waals surface area contributed by atoms with Crippen LogP contribution in [0.2, 0.25) is 26.7 Å². The van der Waals surface area contributed by atoms with Gasteiger partial charge in [0, 0.05) is 74.4 Å². The van der Waals surface area contributed by atoms with Gasteiger partial charge >= 0.3 is 0 Å². The fraction of sp³-hybridized carbons (Fsp3) is 0.216. The van der Waals surface area contributed by atoms with E-state index < -0.39 is 14.1 Å². The van der Waals surface area contributed by atoms with Gasteiger partial charge in [0.1, 0.15) is 10.4 Å². The number of nitrogens with two attached hydrogens (primary N) is 1. The number of nitrogens with one attached hydrogen (secondary N) is 2. The average molecular weight is 961 g/mol. The first kappa shape index (κ1) is 47.0. The molecule has 0 spiro atoms. The molecule has 8 aromatic rings. The van der Waals surface area contributed by atoms with Crippen LogP contribution >= 0.6 is 39.1 Å². The Morgan fingerprint density at radius 3 is 1.84 bits per heavy atom. The molecule has 0 saturated heterocycles. The van der Waals surface area contributed by atoms with Crippen molar-refractivity contribution in [3.8, 4) is 0 Å². The minimum absolute atomic E-state index is 0.232. The number of hydrogen-bond acceptors (Lipinski definition) is 4. The van der Waals surface area contributed by atoms with E-state index in [1.165, 1.54) is 39.0 Å². The van der Waals surface area contributed by atoms with Gasteiger partial charge in [-0.25, -0.2) is 9.97 Å². The molecule has 4 heterocycles. The molecule has 12 heteroatoms. The van der Waals surface area contributed by atoms with Crippen LogP contribution in [0.25, 0.3) is 21.8 Å². The summed E-state index contributed by atoms with van der Waals surface area (Å²) in [6.07, 6.45) is 9.97. The van der Waals surface area contributed by atoms with Crippen LogP contribution in [0, 0.1) is 0 Å². The van der Waals surface area contributed by atoms with E-state index in [1.54, 1.807) is 48.7 Å². The number of fused-ring (bicyclic) bond motifs is 2. The van der Waals surface area contributed by atoms with Crippen molar-refractivity contribution in [2.24, 2.45) is 5.73 Å². The van der Waals surface area contributed by atoms with Crippen LogP contribution in [0.15, 0.2) is 151 Å². The Morgan fingerprint density at radius 1 is 0.698 bits per heavy atom. The zero-order valence-corrected chi connectivity index (χ0v) is 40.5. The molecule has 0 aliphatic carbocycles. The first-order valence-corrected chi connectivity index (χ1v) is 24.7.